The zero-order valence-electron chi connectivity index (χ0n) is 13.3. The Bertz CT molecular complexity index is 685. The van der Waals surface area contributed by atoms with Gasteiger partial charge in [-0.25, -0.2) is 4.79 Å². The molecule has 2 N–H and O–H groups in total. The van der Waals surface area contributed by atoms with Crippen LogP contribution in [0.4, 0.5) is 4.79 Å². The van der Waals surface area contributed by atoms with E-state index >= 15 is 0 Å². The molecule has 4 rings (SSSR count). The van der Waals surface area contributed by atoms with E-state index in [0.29, 0.717) is 13.2 Å². The molecule has 2 aromatic carbocycles. The number of hydrogen-bond donors (Lipinski definition) is 2. The van der Waals surface area contributed by atoms with Crippen LogP contribution >= 0.6 is 0 Å². The number of nitrogens with one attached hydrogen (secondary N) is 2. The summed E-state index contributed by atoms with van der Waals surface area (Å²) in [4.78, 5) is 12.5. The van der Waals surface area contributed by atoms with Gasteiger partial charge in [0.25, 0.3) is 0 Å². The van der Waals surface area contributed by atoms with Gasteiger partial charge in [0.1, 0.15) is 11.5 Å². The third-order valence-electron chi connectivity index (χ3n) is 4.53. The lowest BCUT2D eigenvalue weighted by atomic mass is 10.00. The van der Waals surface area contributed by atoms with E-state index in [1.165, 1.54) is 0 Å². The maximum absolute atomic E-state index is 12.5. The van der Waals surface area contributed by atoms with Crippen molar-refractivity contribution in [1.29, 1.82) is 0 Å². The zero-order chi connectivity index (χ0) is 16.4. The van der Waals surface area contributed by atoms with Crippen molar-refractivity contribution in [3.05, 3.63) is 59.7 Å². The van der Waals surface area contributed by atoms with Crippen molar-refractivity contribution in [2.24, 2.45) is 0 Å². The van der Waals surface area contributed by atoms with Crippen molar-refractivity contribution in [3.63, 3.8) is 0 Å². The molecule has 2 aliphatic rings. The van der Waals surface area contributed by atoms with Crippen molar-refractivity contribution in [2.45, 2.75) is 24.9 Å². The summed E-state index contributed by atoms with van der Waals surface area (Å²) < 4.78 is 11.3. The van der Waals surface area contributed by atoms with Crippen molar-refractivity contribution >= 4 is 6.03 Å². The highest BCUT2D eigenvalue weighted by Crippen LogP contribution is 2.33. The highest BCUT2D eigenvalue weighted by molar-refractivity contribution is 5.75. The molecule has 2 aromatic rings. The van der Waals surface area contributed by atoms with E-state index in [0.717, 1.165) is 35.5 Å². The molecule has 0 aromatic heterocycles. The second kappa shape index (κ2) is 6.43. The molecule has 0 radical (unpaired) electrons. The number of ether oxygens (including phenoxy) is 2. The van der Waals surface area contributed by atoms with Gasteiger partial charge in [-0.2, -0.15) is 0 Å². The number of urea groups is 1. The van der Waals surface area contributed by atoms with Crippen LogP contribution in [0.25, 0.3) is 0 Å². The molecule has 5 nitrogen and oxygen atoms in total. The van der Waals surface area contributed by atoms with Gasteiger partial charge in [0.2, 0.25) is 0 Å². The fourth-order valence-electron chi connectivity index (χ4n) is 3.34. The summed E-state index contributed by atoms with van der Waals surface area (Å²) >= 11 is 0. The topological polar surface area (TPSA) is 59.6 Å². The van der Waals surface area contributed by atoms with Crippen LogP contribution in [0, 0.1) is 0 Å². The van der Waals surface area contributed by atoms with Crippen LogP contribution < -0.4 is 20.1 Å². The maximum atomic E-state index is 12.5. The van der Waals surface area contributed by atoms with Crippen molar-refractivity contribution in [2.75, 3.05) is 13.2 Å². The standard InChI is InChI=1S/C19H20N2O3/c22-19(20-15-9-11-23-17-7-3-1-5-13(15)17)21-16-10-12-24-18-8-4-2-6-14(16)18/h1-8,15-16H,9-12H2,(H2,20,21,22)/t15-,16+. The van der Waals surface area contributed by atoms with Crippen LogP contribution in [0.5, 0.6) is 11.5 Å². The number of hydrogen-bond acceptors (Lipinski definition) is 3. The molecule has 2 aliphatic heterocycles. The lowest BCUT2D eigenvalue weighted by Crippen LogP contribution is -2.42. The lowest BCUT2D eigenvalue weighted by Gasteiger charge is -2.29. The number of fused-ring (bicyclic) bond motifs is 2. The van der Waals surface area contributed by atoms with Gasteiger partial charge in [0.15, 0.2) is 0 Å². The Morgan fingerprint density at radius 3 is 1.75 bits per heavy atom. The summed E-state index contributed by atoms with van der Waals surface area (Å²) in [6, 6.07) is 15.5. The van der Waals surface area contributed by atoms with Gasteiger partial charge in [-0.3, -0.25) is 0 Å². The molecule has 0 saturated carbocycles. The molecule has 0 bridgehead atoms. The number of carbonyl (C=O) groups excluding carboxylic acids is 1. The SMILES string of the molecule is O=C(N[C@H]1CCOc2ccccc21)N[C@@H]1CCOc2ccccc21. The van der Waals surface area contributed by atoms with Gasteiger partial charge in [-0.15, -0.1) is 0 Å². The van der Waals surface area contributed by atoms with E-state index in [9.17, 15) is 4.79 Å². The second-order valence-electron chi connectivity index (χ2n) is 6.07. The van der Waals surface area contributed by atoms with Gasteiger partial charge in [0, 0.05) is 24.0 Å². The Morgan fingerprint density at radius 2 is 1.25 bits per heavy atom. The minimum Gasteiger partial charge on any atom is -0.493 e. The first-order chi connectivity index (χ1) is 11.8. The third kappa shape index (κ3) is 2.89. The average molecular weight is 324 g/mol. The van der Waals surface area contributed by atoms with Crippen LogP contribution in [0.2, 0.25) is 0 Å². The van der Waals surface area contributed by atoms with Crippen molar-refractivity contribution < 1.29 is 14.3 Å². The van der Waals surface area contributed by atoms with Crippen LogP contribution in [0.1, 0.15) is 36.1 Å². The van der Waals surface area contributed by atoms with Gasteiger partial charge in [-0.1, -0.05) is 36.4 Å². The Morgan fingerprint density at radius 1 is 0.792 bits per heavy atom. The monoisotopic (exact) mass is 324 g/mol. The smallest absolute Gasteiger partial charge is 0.315 e. The molecule has 0 spiro atoms. The molecule has 0 fully saturated rings. The summed E-state index contributed by atoms with van der Waals surface area (Å²) in [5.41, 5.74) is 2.07. The predicted octanol–water partition coefficient (Wildman–Crippen LogP) is 3.33. The number of rotatable bonds is 2. The van der Waals surface area contributed by atoms with Gasteiger partial charge in [-0.05, 0) is 12.1 Å². The predicted molar refractivity (Wildman–Crippen MR) is 90.3 cm³/mol. The molecule has 0 aliphatic carbocycles. The molecule has 0 saturated heterocycles. The highest BCUT2D eigenvalue weighted by Gasteiger charge is 2.26. The first kappa shape index (κ1) is 14.9. The molecule has 24 heavy (non-hydrogen) atoms. The van der Waals surface area contributed by atoms with E-state index in [-0.39, 0.29) is 18.1 Å². The molecule has 2 heterocycles. The van der Waals surface area contributed by atoms with Crippen LogP contribution in [-0.2, 0) is 0 Å². The molecule has 0 unspecified atom stereocenters. The van der Waals surface area contributed by atoms with Crippen LogP contribution in [0.15, 0.2) is 48.5 Å². The first-order valence-corrected chi connectivity index (χ1v) is 8.32. The summed E-state index contributed by atoms with van der Waals surface area (Å²) in [6.45, 7) is 1.23. The molecular weight excluding hydrogens is 304 g/mol. The minimum atomic E-state index is -0.154. The quantitative estimate of drug-likeness (QED) is 0.891. The van der Waals surface area contributed by atoms with E-state index in [1.807, 2.05) is 48.5 Å². The third-order valence-corrected chi connectivity index (χ3v) is 4.53. The first-order valence-electron chi connectivity index (χ1n) is 8.32. The Balaban J connectivity index is 1.45. The second-order valence-corrected chi connectivity index (χ2v) is 6.07. The van der Waals surface area contributed by atoms with Gasteiger partial charge >= 0.3 is 6.03 Å². The number of benzene rings is 2. The van der Waals surface area contributed by atoms with Crippen molar-refractivity contribution in [3.8, 4) is 11.5 Å². The summed E-state index contributed by atoms with van der Waals surface area (Å²) in [6.07, 6.45) is 1.55. The fraction of sp³-hybridized carbons (Fsp3) is 0.316. The van der Waals surface area contributed by atoms with Gasteiger partial charge in [0.05, 0.1) is 25.3 Å². The number of carbonyl (C=O) groups is 1. The normalized spacial score (nSPS) is 21.5. The summed E-state index contributed by atoms with van der Waals surface area (Å²) in [5.74, 6) is 1.70. The molecule has 2 amide bonds. The largest absolute Gasteiger partial charge is 0.493 e. The lowest BCUT2D eigenvalue weighted by molar-refractivity contribution is 0.211. The van der Waals surface area contributed by atoms with E-state index in [1.54, 1.807) is 0 Å². The number of amides is 2. The van der Waals surface area contributed by atoms with E-state index in [2.05, 4.69) is 10.6 Å². The molecule has 5 heteroatoms. The van der Waals surface area contributed by atoms with E-state index in [4.69, 9.17) is 9.47 Å². The molecule has 124 valence electrons. The fourth-order valence-corrected chi connectivity index (χ4v) is 3.34. The van der Waals surface area contributed by atoms with Crippen LogP contribution in [0.3, 0.4) is 0 Å². The summed E-state index contributed by atoms with van der Waals surface area (Å²) in [5, 5.41) is 6.16. The van der Waals surface area contributed by atoms with Gasteiger partial charge < -0.3 is 20.1 Å². The Hall–Kier alpha value is -2.69. The Kier molecular flexibility index (Phi) is 3.99. The van der Waals surface area contributed by atoms with Crippen LogP contribution in [-0.4, -0.2) is 19.2 Å². The summed E-state index contributed by atoms with van der Waals surface area (Å²) in [7, 11) is 0. The minimum absolute atomic E-state index is 0.0231. The highest BCUT2D eigenvalue weighted by atomic mass is 16.5. The average Bonchev–Trinajstić information content (AvgIpc) is 2.62. The molecule has 2 atom stereocenters. The zero-order valence-corrected chi connectivity index (χ0v) is 13.3. The molecular formula is C19H20N2O3. The maximum Gasteiger partial charge on any atom is 0.315 e. The van der Waals surface area contributed by atoms with Crippen molar-refractivity contribution in [1.82, 2.24) is 10.6 Å². The number of para-hydroxylation sites is 2. The Labute approximate surface area is 141 Å². The van der Waals surface area contributed by atoms with E-state index < -0.39 is 0 Å².